The van der Waals surface area contributed by atoms with Gasteiger partial charge in [-0.1, -0.05) is 13.8 Å². The molecule has 0 aliphatic carbocycles. The summed E-state index contributed by atoms with van der Waals surface area (Å²) in [6.07, 6.45) is 3.77. The highest BCUT2D eigenvalue weighted by Crippen LogP contribution is 2.17. The summed E-state index contributed by atoms with van der Waals surface area (Å²) in [6, 6.07) is 2.38. The Morgan fingerprint density at radius 1 is 1.56 bits per heavy atom. The molecule has 1 aromatic heterocycles. The van der Waals surface area contributed by atoms with E-state index in [0.717, 1.165) is 44.8 Å². The van der Waals surface area contributed by atoms with Gasteiger partial charge in [-0.2, -0.15) is 10.4 Å². The van der Waals surface area contributed by atoms with Crippen LogP contribution in [0.2, 0.25) is 0 Å². The number of hydrogen-bond donors (Lipinski definition) is 0. The first-order valence-electron chi connectivity index (χ1n) is 6.67. The molecular weight excluding hydrogens is 226 g/mol. The van der Waals surface area contributed by atoms with E-state index in [1.807, 2.05) is 4.68 Å². The monoisotopic (exact) mass is 247 g/mol. The van der Waals surface area contributed by atoms with Crippen molar-refractivity contribution in [3.8, 4) is 6.07 Å². The molecule has 1 aliphatic rings. The van der Waals surface area contributed by atoms with Crippen molar-refractivity contribution in [1.29, 1.82) is 5.26 Å². The Morgan fingerprint density at radius 3 is 3.11 bits per heavy atom. The molecule has 0 bridgehead atoms. The number of nitriles is 1. The van der Waals surface area contributed by atoms with E-state index in [4.69, 9.17) is 5.26 Å². The van der Waals surface area contributed by atoms with Crippen LogP contribution < -0.4 is 0 Å². The van der Waals surface area contributed by atoms with Crippen LogP contribution in [0.5, 0.6) is 0 Å². The highest BCUT2D eigenvalue weighted by atomic mass is 15.3. The maximum Gasteiger partial charge on any atom is 0.141 e. The van der Waals surface area contributed by atoms with Crippen molar-refractivity contribution < 1.29 is 0 Å². The summed E-state index contributed by atoms with van der Waals surface area (Å²) in [7, 11) is 0. The zero-order chi connectivity index (χ0) is 13.0. The van der Waals surface area contributed by atoms with Gasteiger partial charge in [0.1, 0.15) is 12.2 Å². The molecule has 0 spiro atoms. The Kier molecular flexibility index (Phi) is 4.32. The van der Waals surface area contributed by atoms with Crippen LogP contribution in [0.25, 0.3) is 0 Å². The van der Waals surface area contributed by atoms with Gasteiger partial charge in [0.25, 0.3) is 0 Å². The Hall–Kier alpha value is -1.41. The molecule has 0 radical (unpaired) electrons. The molecule has 1 aromatic rings. The van der Waals surface area contributed by atoms with Crippen LogP contribution in [0.1, 0.15) is 32.5 Å². The first kappa shape index (κ1) is 13.0. The number of aromatic nitrogens is 3. The average Bonchev–Trinajstić information content (AvgIpc) is 2.76. The Morgan fingerprint density at radius 2 is 2.39 bits per heavy atom. The van der Waals surface area contributed by atoms with Gasteiger partial charge in [0.05, 0.1) is 18.5 Å². The van der Waals surface area contributed by atoms with Crippen molar-refractivity contribution in [2.75, 3.05) is 13.1 Å². The highest BCUT2D eigenvalue weighted by Gasteiger charge is 2.21. The fourth-order valence-electron chi connectivity index (χ4n) is 2.41. The van der Waals surface area contributed by atoms with Crippen molar-refractivity contribution in [2.45, 2.75) is 39.8 Å². The van der Waals surface area contributed by atoms with Crippen molar-refractivity contribution in [1.82, 2.24) is 19.7 Å². The Labute approximate surface area is 108 Å². The zero-order valence-corrected chi connectivity index (χ0v) is 11.2. The fourth-order valence-corrected chi connectivity index (χ4v) is 2.41. The number of piperidine rings is 1. The van der Waals surface area contributed by atoms with Crippen LogP contribution >= 0.6 is 0 Å². The maximum absolute atomic E-state index is 9.00. The summed E-state index contributed by atoms with van der Waals surface area (Å²) >= 11 is 0. The molecule has 5 heteroatoms. The first-order valence-corrected chi connectivity index (χ1v) is 6.67. The normalized spacial score (nSPS) is 21.1. The summed E-state index contributed by atoms with van der Waals surface area (Å²) in [5, 5.41) is 13.3. The number of rotatable bonds is 4. The summed E-state index contributed by atoms with van der Waals surface area (Å²) in [5.74, 6) is 1.76. The molecule has 1 aliphatic heterocycles. The molecule has 98 valence electrons. The second-order valence-corrected chi connectivity index (χ2v) is 5.46. The van der Waals surface area contributed by atoms with E-state index >= 15 is 0 Å². The van der Waals surface area contributed by atoms with Crippen molar-refractivity contribution in [2.24, 2.45) is 11.8 Å². The van der Waals surface area contributed by atoms with Gasteiger partial charge in [0.15, 0.2) is 0 Å². The molecule has 18 heavy (non-hydrogen) atoms. The van der Waals surface area contributed by atoms with Gasteiger partial charge < -0.3 is 0 Å². The third-order valence-electron chi connectivity index (χ3n) is 3.29. The summed E-state index contributed by atoms with van der Waals surface area (Å²) in [5.41, 5.74) is 0. The third kappa shape index (κ3) is 3.30. The number of likely N-dealkylation sites (tertiary alicyclic amines) is 1. The second kappa shape index (κ2) is 5.96. The molecule has 1 atom stereocenters. The lowest BCUT2D eigenvalue weighted by Gasteiger charge is -2.29. The molecule has 0 saturated carbocycles. The summed E-state index contributed by atoms with van der Waals surface area (Å²) < 4.78 is 1.99. The van der Waals surface area contributed by atoms with Crippen molar-refractivity contribution in [3.63, 3.8) is 0 Å². The van der Waals surface area contributed by atoms with E-state index in [1.165, 1.54) is 0 Å². The van der Waals surface area contributed by atoms with Gasteiger partial charge in [0, 0.05) is 13.1 Å². The molecule has 1 saturated heterocycles. The summed E-state index contributed by atoms with van der Waals surface area (Å²) in [6.45, 7) is 8.00. The van der Waals surface area contributed by atoms with Crippen LogP contribution in [-0.2, 0) is 13.1 Å². The van der Waals surface area contributed by atoms with E-state index in [9.17, 15) is 0 Å². The Bertz CT molecular complexity index is 417. The third-order valence-corrected chi connectivity index (χ3v) is 3.29. The van der Waals surface area contributed by atoms with Crippen molar-refractivity contribution >= 4 is 0 Å². The van der Waals surface area contributed by atoms with E-state index in [-0.39, 0.29) is 5.92 Å². The number of hydrogen-bond acceptors (Lipinski definition) is 4. The standard InChI is InChI=1S/C13H21N5/c1-11(2)7-18-13(15-10-16-18)9-17-5-3-4-12(6-14)8-17/h10-12H,3-5,7-9H2,1-2H3. The average molecular weight is 247 g/mol. The van der Waals surface area contributed by atoms with Gasteiger partial charge in [-0.25, -0.2) is 9.67 Å². The quantitative estimate of drug-likeness (QED) is 0.812. The molecule has 0 aromatic carbocycles. The van der Waals surface area contributed by atoms with Crippen LogP contribution in [0.4, 0.5) is 0 Å². The van der Waals surface area contributed by atoms with Crippen LogP contribution in [-0.4, -0.2) is 32.8 Å². The highest BCUT2D eigenvalue weighted by molar-refractivity contribution is 4.91. The van der Waals surface area contributed by atoms with Crippen molar-refractivity contribution in [3.05, 3.63) is 12.2 Å². The lowest BCUT2D eigenvalue weighted by atomic mass is 10.00. The molecule has 1 unspecified atom stereocenters. The minimum Gasteiger partial charge on any atom is -0.295 e. The van der Waals surface area contributed by atoms with Gasteiger partial charge in [-0.3, -0.25) is 4.90 Å². The minimum atomic E-state index is 0.181. The predicted molar refractivity (Wildman–Crippen MR) is 68.5 cm³/mol. The molecular formula is C13H21N5. The molecule has 0 amide bonds. The van der Waals surface area contributed by atoms with E-state index in [2.05, 4.69) is 34.9 Å². The minimum absolute atomic E-state index is 0.181. The lowest BCUT2D eigenvalue weighted by Crippen LogP contribution is -2.35. The summed E-state index contributed by atoms with van der Waals surface area (Å²) in [4.78, 5) is 6.66. The van der Waals surface area contributed by atoms with Crippen LogP contribution in [0.3, 0.4) is 0 Å². The zero-order valence-electron chi connectivity index (χ0n) is 11.2. The molecule has 5 nitrogen and oxygen atoms in total. The van der Waals surface area contributed by atoms with Crippen LogP contribution in [0, 0.1) is 23.2 Å². The van der Waals surface area contributed by atoms with E-state index < -0.39 is 0 Å². The topological polar surface area (TPSA) is 57.7 Å². The predicted octanol–water partition coefficient (Wildman–Crippen LogP) is 1.67. The maximum atomic E-state index is 9.00. The van der Waals surface area contributed by atoms with Gasteiger partial charge in [-0.15, -0.1) is 0 Å². The second-order valence-electron chi connectivity index (χ2n) is 5.46. The van der Waals surface area contributed by atoms with Gasteiger partial charge >= 0.3 is 0 Å². The fraction of sp³-hybridized carbons (Fsp3) is 0.769. The van der Waals surface area contributed by atoms with E-state index in [1.54, 1.807) is 6.33 Å². The first-order chi connectivity index (χ1) is 8.69. The SMILES string of the molecule is CC(C)Cn1ncnc1CN1CCCC(C#N)C1. The largest absolute Gasteiger partial charge is 0.295 e. The number of nitrogens with zero attached hydrogens (tertiary/aromatic N) is 5. The molecule has 1 fully saturated rings. The lowest BCUT2D eigenvalue weighted by molar-refractivity contribution is 0.184. The molecule has 2 rings (SSSR count). The van der Waals surface area contributed by atoms with Gasteiger partial charge in [0.2, 0.25) is 0 Å². The Balaban J connectivity index is 1.97. The molecule has 0 N–H and O–H groups in total. The molecule has 2 heterocycles. The smallest absolute Gasteiger partial charge is 0.141 e. The van der Waals surface area contributed by atoms with E-state index in [0.29, 0.717) is 5.92 Å². The van der Waals surface area contributed by atoms with Crippen LogP contribution in [0.15, 0.2) is 6.33 Å². The van der Waals surface area contributed by atoms with Gasteiger partial charge in [-0.05, 0) is 25.3 Å².